The number of aromatic nitrogens is 1. The SMILES string of the molecule is NC(=O)O[C@H]1COCC[C@H]1COc1ccc(-c2ncc(F)cc2F)cc1. The van der Waals surface area contributed by atoms with E-state index >= 15 is 0 Å². The van der Waals surface area contributed by atoms with Crippen LogP contribution in [0.3, 0.4) is 0 Å². The van der Waals surface area contributed by atoms with Crippen LogP contribution >= 0.6 is 0 Å². The van der Waals surface area contributed by atoms with Crippen molar-refractivity contribution in [3.63, 3.8) is 0 Å². The number of hydrogen-bond acceptors (Lipinski definition) is 5. The maximum absolute atomic E-state index is 13.8. The van der Waals surface area contributed by atoms with Crippen LogP contribution in [0.15, 0.2) is 36.5 Å². The van der Waals surface area contributed by atoms with Crippen molar-refractivity contribution in [2.45, 2.75) is 12.5 Å². The zero-order valence-electron chi connectivity index (χ0n) is 13.9. The van der Waals surface area contributed by atoms with Gasteiger partial charge in [0.15, 0.2) is 5.82 Å². The highest BCUT2D eigenvalue weighted by Gasteiger charge is 2.29. The number of pyridine rings is 1. The molecular formula is C18H18F2N2O4. The van der Waals surface area contributed by atoms with Gasteiger partial charge in [0.1, 0.15) is 23.4 Å². The molecule has 0 aliphatic carbocycles. The maximum Gasteiger partial charge on any atom is 0.404 e. The summed E-state index contributed by atoms with van der Waals surface area (Å²) in [5.41, 5.74) is 5.65. The van der Waals surface area contributed by atoms with Crippen LogP contribution in [0.5, 0.6) is 5.75 Å². The summed E-state index contributed by atoms with van der Waals surface area (Å²) >= 11 is 0. The van der Waals surface area contributed by atoms with Gasteiger partial charge in [-0.3, -0.25) is 4.98 Å². The van der Waals surface area contributed by atoms with E-state index < -0.39 is 23.8 Å². The molecule has 1 aliphatic rings. The van der Waals surface area contributed by atoms with Gasteiger partial charge in [0.2, 0.25) is 0 Å². The molecule has 26 heavy (non-hydrogen) atoms. The fraction of sp³-hybridized carbons (Fsp3) is 0.333. The second-order valence-corrected chi connectivity index (χ2v) is 5.92. The standard InChI is InChI=1S/C18H18F2N2O4/c19-13-7-15(20)17(22-8-13)11-1-3-14(4-2-11)25-9-12-5-6-24-10-16(12)26-18(21)23/h1-4,7-8,12,16H,5-6,9-10H2,(H2,21,23)/t12-,16-/m0/s1. The van der Waals surface area contributed by atoms with Crippen molar-refractivity contribution in [3.05, 3.63) is 48.2 Å². The number of halogens is 2. The van der Waals surface area contributed by atoms with Gasteiger partial charge in [-0.25, -0.2) is 13.6 Å². The number of carbonyl (C=O) groups excluding carboxylic acids is 1. The van der Waals surface area contributed by atoms with Crippen LogP contribution in [0.25, 0.3) is 11.3 Å². The van der Waals surface area contributed by atoms with E-state index in [0.717, 1.165) is 12.3 Å². The largest absolute Gasteiger partial charge is 0.493 e. The molecule has 8 heteroatoms. The van der Waals surface area contributed by atoms with Crippen LogP contribution in [-0.4, -0.2) is 37.0 Å². The lowest BCUT2D eigenvalue weighted by atomic mass is 9.98. The van der Waals surface area contributed by atoms with Gasteiger partial charge in [-0.15, -0.1) is 0 Å². The molecule has 2 atom stereocenters. The topological polar surface area (TPSA) is 83.7 Å². The number of nitrogens with two attached hydrogens (primary N) is 1. The maximum atomic E-state index is 13.8. The monoisotopic (exact) mass is 364 g/mol. The molecule has 0 spiro atoms. The molecule has 2 N–H and O–H groups in total. The summed E-state index contributed by atoms with van der Waals surface area (Å²) in [5, 5.41) is 0. The third-order valence-electron chi connectivity index (χ3n) is 4.11. The van der Waals surface area contributed by atoms with Crippen molar-refractivity contribution < 1.29 is 27.8 Å². The Bertz CT molecular complexity index is 770. The average molecular weight is 364 g/mol. The van der Waals surface area contributed by atoms with Crippen molar-refractivity contribution in [2.24, 2.45) is 11.7 Å². The van der Waals surface area contributed by atoms with E-state index in [-0.39, 0.29) is 18.2 Å². The van der Waals surface area contributed by atoms with E-state index in [1.807, 2.05) is 0 Å². The fourth-order valence-corrected chi connectivity index (χ4v) is 2.77. The smallest absolute Gasteiger partial charge is 0.404 e. The third kappa shape index (κ3) is 4.45. The number of ether oxygens (including phenoxy) is 3. The predicted octanol–water partition coefficient (Wildman–Crippen LogP) is 2.91. The molecule has 0 radical (unpaired) electrons. The number of hydrogen-bond donors (Lipinski definition) is 1. The lowest BCUT2D eigenvalue weighted by Crippen LogP contribution is -2.40. The van der Waals surface area contributed by atoms with Gasteiger partial charge in [-0.2, -0.15) is 0 Å². The average Bonchev–Trinajstić information content (AvgIpc) is 2.61. The molecule has 0 unspecified atom stereocenters. The quantitative estimate of drug-likeness (QED) is 0.882. The second-order valence-electron chi connectivity index (χ2n) is 5.92. The number of rotatable bonds is 5. The summed E-state index contributed by atoms with van der Waals surface area (Å²) in [7, 11) is 0. The van der Waals surface area contributed by atoms with Gasteiger partial charge in [0.05, 0.1) is 19.4 Å². The molecular weight excluding hydrogens is 346 g/mol. The Labute approximate surface area is 148 Å². The number of nitrogens with zero attached hydrogens (tertiary/aromatic N) is 1. The Morgan fingerprint density at radius 2 is 2.08 bits per heavy atom. The molecule has 0 bridgehead atoms. The van der Waals surface area contributed by atoms with E-state index in [0.29, 0.717) is 30.9 Å². The highest BCUT2D eigenvalue weighted by molar-refractivity contribution is 5.64. The zero-order chi connectivity index (χ0) is 18.5. The van der Waals surface area contributed by atoms with Crippen LogP contribution in [0.2, 0.25) is 0 Å². The molecule has 0 saturated carbocycles. The molecule has 3 rings (SSSR count). The molecule has 2 aromatic rings. The summed E-state index contributed by atoms with van der Waals surface area (Å²) in [6, 6.07) is 7.41. The lowest BCUT2D eigenvalue weighted by Gasteiger charge is -2.30. The van der Waals surface area contributed by atoms with Crippen LogP contribution in [0, 0.1) is 17.6 Å². The first kappa shape index (κ1) is 18.1. The summed E-state index contributed by atoms with van der Waals surface area (Å²) in [5.74, 6) is -0.921. The zero-order valence-corrected chi connectivity index (χ0v) is 13.9. The molecule has 1 saturated heterocycles. The van der Waals surface area contributed by atoms with Crippen LogP contribution in [0.4, 0.5) is 13.6 Å². The van der Waals surface area contributed by atoms with Crippen molar-refractivity contribution in [1.29, 1.82) is 0 Å². The number of benzene rings is 1. The van der Waals surface area contributed by atoms with E-state index in [2.05, 4.69) is 4.98 Å². The van der Waals surface area contributed by atoms with E-state index in [4.69, 9.17) is 19.9 Å². The first-order chi connectivity index (χ1) is 12.5. The first-order valence-corrected chi connectivity index (χ1v) is 8.11. The minimum absolute atomic E-state index is 0.0351. The minimum Gasteiger partial charge on any atom is -0.493 e. The van der Waals surface area contributed by atoms with Crippen LogP contribution in [-0.2, 0) is 9.47 Å². The van der Waals surface area contributed by atoms with Crippen molar-refractivity contribution >= 4 is 6.09 Å². The van der Waals surface area contributed by atoms with Crippen LogP contribution in [0.1, 0.15) is 6.42 Å². The Balaban J connectivity index is 1.63. The van der Waals surface area contributed by atoms with Crippen molar-refractivity contribution in [1.82, 2.24) is 4.98 Å². The van der Waals surface area contributed by atoms with Gasteiger partial charge >= 0.3 is 6.09 Å². The van der Waals surface area contributed by atoms with E-state index in [1.165, 1.54) is 0 Å². The lowest BCUT2D eigenvalue weighted by molar-refractivity contribution is -0.0597. The number of primary amides is 1. The van der Waals surface area contributed by atoms with Gasteiger partial charge in [-0.05, 0) is 30.7 Å². The summed E-state index contributed by atoms with van der Waals surface area (Å²) < 4.78 is 42.8. The first-order valence-electron chi connectivity index (χ1n) is 8.11. The molecule has 138 valence electrons. The minimum atomic E-state index is -0.844. The van der Waals surface area contributed by atoms with Crippen molar-refractivity contribution in [2.75, 3.05) is 19.8 Å². The second kappa shape index (κ2) is 8.09. The predicted molar refractivity (Wildman–Crippen MR) is 88.5 cm³/mol. The molecule has 6 nitrogen and oxygen atoms in total. The van der Waals surface area contributed by atoms with Crippen molar-refractivity contribution in [3.8, 4) is 17.0 Å². The number of amides is 1. The highest BCUT2D eigenvalue weighted by atomic mass is 19.1. The molecule has 1 amide bonds. The number of carbonyl (C=O) groups is 1. The molecule has 1 aromatic carbocycles. The normalized spacial score (nSPS) is 19.8. The Morgan fingerprint density at radius 3 is 2.77 bits per heavy atom. The van der Waals surface area contributed by atoms with Crippen LogP contribution < -0.4 is 10.5 Å². The van der Waals surface area contributed by atoms with Gasteiger partial charge in [0.25, 0.3) is 0 Å². The molecule has 1 aliphatic heterocycles. The Kier molecular flexibility index (Phi) is 5.62. The summed E-state index contributed by atoms with van der Waals surface area (Å²) in [6.07, 6.45) is 0.356. The summed E-state index contributed by atoms with van der Waals surface area (Å²) in [6.45, 7) is 1.16. The van der Waals surface area contributed by atoms with Gasteiger partial charge < -0.3 is 19.9 Å². The molecule has 2 heterocycles. The van der Waals surface area contributed by atoms with Gasteiger partial charge in [-0.1, -0.05) is 0 Å². The molecule has 1 aromatic heterocycles. The Morgan fingerprint density at radius 1 is 1.31 bits per heavy atom. The highest BCUT2D eigenvalue weighted by Crippen LogP contribution is 2.25. The molecule has 1 fully saturated rings. The van der Waals surface area contributed by atoms with E-state index in [9.17, 15) is 13.6 Å². The fourth-order valence-electron chi connectivity index (χ4n) is 2.77. The third-order valence-corrected chi connectivity index (χ3v) is 4.11. The van der Waals surface area contributed by atoms with Gasteiger partial charge in [0, 0.05) is 24.2 Å². The summed E-state index contributed by atoms with van der Waals surface area (Å²) in [4.78, 5) is 14.7. The Hall–Kier alpha value is -2.74. The van der Waals surface area contributed by atoms with E-state index in [1.54, 1.807) is 24.3 Å².